The van der Waals surface area contributed by atoms with Crippen LogP contribution in [0.5, 0.6) is 5.75 Å². The molecule has 3 rings (SSSR count). The summed E-state index contributed by atoms with van der Waals surface area (Å²) in [7, 11) is 0. The van der Waals surface area contributed by atoms with Crippen molar-refractivity contribution in [3.05, 3.63) is 64.8 Å². The lowest BCUT2D eigenvalue weighted by molar-refractivity contribution is 0.302. The van der Waals surface area contributed by atoms with Crippen molar-refractivity contribution in [3.8, 4) is 5.75 Å². The van der Waals surface area contributed by atoms with Crippen LogP contribution in [0.15, 0.2) is 48.7 Å². The average Bonchev–Trinajstić information content (AvgIpc) is 2.92. The second kappa shape index (κ2) is 6.45. The molecule has 0 atom stereocenters. The zero-order chi connectivity index (χ0) is 15.5. The number of aromatic nitrogens is 1. The Morgan fingerprint density at radius 3 is 2.55 bits per heavy atom. The Kier molecular flexibility index (Phi) is 4.39. The second-order valence-electron chi connectivity index (χ2n) is 5.64. The summed E-state index contributed by atoms with van der Waals surface area (Å²) in [6.45, 7) is 5.67. The number of hydrogen-bond acceptors (Lipinski definition) is 1. The first-order valence-electron chi connectivity index (χ1n) is 7.58. The van der Waals surface area contributed by atoms with Crippen LogP contribution in [0.3, 0.4) is 0 Å². The molecule has 0 bridgehead atoms. The van der Waals surface area contributed by atoms with Crippen molar-refractivity contribution in [2.24, 2.45) is 0 Å². The number of nitrogens with zero attached hydrogens (tertiary/aromatic N) is 1. The van der Waals surface area contributed by atoms with Gasteiger partial charge < -0.3 is 9.30 Å². The maximum atomic E-state index is 6.18. The third-order valence-electron chi connectivity index (χ3n) is 3.90. The van der Waals surface area contributed by atoms with Crippen LogP contribution in [0.4, 0.5) is 0 Å². The van der Waals surface area contributed by atoms with Gasteiger partial charge in [0.05, 0.1) is 6.61 Å². The molecule has 2 aromatic carbocycles. The Labute approximate surface area is 136 Å². The number of fused-ring (bicyclic) bond motifs is 1. The molecule has 0 saturated heterocycles. The second-order valence-corrected chi connectivity index (χ2v) is 6.02. The molecule has 0 aliphatic carbocycles. The third kappa shape index (κ3) is 3.12. The number of hydrogen-bond donors (Lipinski definition) is 0. The van der Waals surface area contributed by atoms with Crippen LogP contribution in [0.1, 0.15) is 17.5 Å². The zero-order valence-corrected chi connectivity index (χ0v) is 13.7. The highest BCUT2D eigenvalue weighted by molar-refractivity contribution is 6.32. The molecule has 114 valence electrons. The number of ether oxygens (including phenoxy) is 1. The molecule has 0 amide bonds. The standard InChI is InChI=1S/C19H20ClNO/c1-14-12-17(13-15(2)19(14)20)22-11-5-9-21-10-8-16-6-3-4-7-18(16)21/h3-4,6-8,10,12-13H,5,9,11H2,1-2H3. The minimum absolute atomic E-state index is 0.701. The van der Waals surface area contributed by atoms with Gasteiger partial charge >= 0.3 is 0 Å². The largest absolute Gasteiger partial charge is 0.494 e. The molecule has 0 aliphatic rings. The van der Waals surface area contributed by atoms with Gasteiger partial charge in [-0.15, -0.1) is 0 Å². The van der Waals surface area contributed by atoms with Crippen LogP contribution in [-0.4, -0.2) is 11.2 Å². The van der Waals surface area contributed by atoms with Crippen LogP contribution in [0, 0.1) is 13.8 Å². The summed E-state index contributed by atoms with van der Waals surface area (Å²) in [5.74, 6) is 0.900. The van der Waals surface area contributed by atoms with E-state index in [1.54, 1.807) is 0 Å². The lowest BCUT2D eigenvalue weighted by Crippen LogP contribution is -2.04. The molecule has 0 unspecified atom stereocenters. The molecule has 3 aromatic rings. The smallest absolute Gasteiger partial charge is 0.119 e. The van der Waals surface area contributed by atoms with E-state index in [1.165, 1.54) is 10.9 Å². The summed E-state index contributed by atoms with van der Waals surface area (Å²) in [6.07, 6.45) is 3.11. The predicted octanol–water partition coefficient (Wildman–Crippen LogP) is 5.38. The highest BCUT2D eigenvalue weighted by Gasteiger charge is 2.04. The van der Waals surface area contributed by atoms with E-state index in [9.17, 15) is 0 Å². The summed E-state index contributed by atoms with van der Waals surface area (Å²) in [5, 5.41) is 2.11. The summed E-state index contributed by atoms with van der Waals surface area (Å²) < 4.78 is 8.14. The van der Waals surface area contributed by atoms with Gasteiger partial charge in [0.25, 0.3) is 0 Å². The summed E-state index contributed by atoms with van der Waals surface area (Å²) in [4.78, 5) is 0. The number of rotatable bonds is 5. The van der Waals surface area contributed by atoms with Crippen LogP contribution in [0.25, 0.3) is 10.9 Å². The first-order chi connectivity index (χ1) is 10.6. The van der Waals surface area contributed by atoms with Gasteiger partial charge in [0, 0.05) is 23.3 Å². The molecular formula is C19H20ClNO. The van der Waals surface area contributed by atoms with Gasteiger partial charge in [-0.25, -0.2) is 0 Å². The Balaban J connectivity index is 1.58. The molecule has 0 spiro atoms. The van der Waals surface area contributed by atoms with Crippen molar-refractivity contribution < 1.29 is 4.74 Å². The average molecular weight is 314 g/mol. The summed E-state index contributed by atoms with van der Waals surface area (Å²) >= 11 is 6.18. The Morgan fingerprint density at radius 2 is 1.77 bits per heavy atom. The van der Waals surface area contributed by atoms with Crippen molar-refractivity contribution >= 4 is 22.5 Å². The molecule has 1 aromatic heterocycles. The lowest BCUT2D eigenvalue weighted by atomic mass is 10.1. The Morgan fingerprint density at radius 1 is 1.05 bits per heavy atom. The first kappa shape index (κ1) is 15.0. The number of benzene rings is 2. The van der Waals surface area contributed by atoms with Crippen LogP contribution >= 0.6 is 11.6 Å². The number of halogens is 1. The topological polar surface area (TPSA) is 14.2 Å². The fourth-order valence-electron chi connectivity index (χ4n) is 2.75. The number of aryl methyl sites for hydroxylation is 3. The SMILES string of the molecule is Cc1cc(OCCCn2ccc3ccccc32)cc(C)c1Cl. The molecule has 22 heavy (non-hydrogen) atoms. The molecular weight excluding hydrogens is 294 g/mol. The van der Waals surface area contributed by atoms with E-state index >= 15 is 0 Å². The van der Waals surface area contributed by atoms with Gasteiger partial charge in [0.15, 0.2) is 0 Å². The van der Waals surface area contributed by atoms with Crippen LogP contribution in [0.2, 0.25) is 5.02 Å². The molecule has 0 saturated carbocycles. The molecule has 2 nitrogen and oxygen atoms in total. The van der Waals surface area contributed by atoms with E-state index in [-0.39, 0.29) is 0 Å². The fraction of sp³-hybridized carbons (Fsp3) is 0.263. The van der Waals surface area contributed by atoms with Gasteiger partial charge in [-0.1, -0.05) is 29.8 Å². The lowest BCUT2D eigenvalue weighted by Gasteiger charge is -2.10. The molecule has 1 heterocycles. The maximum absolute atomic E-state index is 6.18. The van der Waals surface area contributed by atoms with E-state index < -0.39 is 0 Å². The molecule has 0 N–H and O–H groups in total. The normalized spacial score (nSPS) is 11.0. The van der Waals surface area contributed by atoms with E-state index in [4.69, 9.17) is 16.3 Å². The first-order valence-corrected chi connectivity index (χ1v) is 7.96. The van der Waals surface area contributed by atoms with Gasteiger partial charge in [-0.2, -0.15) is 0 Å². The predicted molar refractivity (Wildman–Crippen MR) is 93.0 cm³/mol. The third-order valence-corrected chi connectivity index (χ3v) is 4.50. The minimum atomic E-state index is 0.701. The zero-order valence-electron chi connectivity index (χ0n) is 13.0. The molecule has 0 aliphatic heterocycles. The fourth-order valence-corrected chi connectivity index (χ4v) is 2.86. The summed E-state index contributed by atoms with van der Waals surface area (Å²) in [5.41, 5.74) is 3.40. The van der Waals surface area contributed by atoms with Gasteiger partial charge in [-0.05, 0) is 61.0 Å². The van der Waals surface area contributed by atoms with Gasteiger partial charge in [-0.3, -0.25) is 0 Å². The van der Waals surface area contributed by atoms with Crippen LogP contribution in [-0.2, 0) is 6.54 Å². The van der Waals surface area contributed by atoms with E-state index in [0.29, 0.717) is 6.61 Å². The molecule has 3 heteroatoms. The van der Waals surface area contributed by atoms with Crippen molar-refractivity contribution in [2.75, 3.05) is 6.61 Å². The van der Waals surface area contributed by atoms with Crippen molar-refractivity contribution in [3.63, 3.8) is 0 Å². The highest BCUT2D eigenvalue weighted by atomic mass is 35.5. The van der Waals surface area contributed by atoms with E-state index in [1.807, 2.05) is 26.0 Å². The number of para-hydroxylation sites is 1. The highest BCUT2D eigenvalue weighted by Crippen LogP contribution is 2.26. The Bertz CT molecular complexity index is 768. The van der Waals surface area contributed by atoms with Crippen molar-refractivity contribution in [2.45, 2.75) is 26.8 Å². The van der Waals surface area contributed by atoms with Gasteiger partial charge in [0.2, 0.25) is 0 Å². The van der Waals surface area contributed by atoms with Crippen LogP contribution < -0.4 is 4.74 Å². The van der Waals surface area contributed by atoms with E-state index in [2.05, 4.69) is 41.1 Å². The maximum Gasteiger partial charge on any atom is 0.119 e. The van der Waals surface area contributed by atoms with Crippen molar-refractivity contribution in [1.29, 1.82) is 0 Å². The van der Waals surface area contributed by atoms with Gasteiger partial charge in [0.1, 0.15) is 5.75 Å². The van der Waals surface area contributed by atoms with Crippen molar-refractivity contribution in [1.82, 2.24) is 4.57 Å². The molecule has 0 fully saturated rings. The Hall–Kier alpha value is -1.93. The quantitative estimate of drug-likeness (QED) is 0.577. The minimum Gasteiger partial charge on any atom is -0.494 e. The molecule has 0 radical (unpaired) electrons. The summed E-state index contributed by atoms with van der Waals surface area (Å²) in [6, 6.07) is 14.6. The monoisotopic (exact) mass is 313 g/mol. The van der Waals surface area contributed by atoms with E-state index in [0.717, 1.165) is 34.9 Å².